The fourth-order valence-electron chi connectivity index (χ4n) is 0.874. The third-order valence-electron chi connectivity index (χ3n) is 1.40. The number of esters is 1. The lowest BCUT2D eigenvalue weighted by molar-refractivity contribution is -0.148. The molecule has 0 saturated heterocycles. The molecule has 0 fully saturated rings. The summed E-state index contributed by atoms with van der Waals surface area (Å²) < 4.78 is 5.10. The second-order valence-corrected chi connectivity index (χ2v) is 4.08. The number of hydrogen-bond donors (Lipinski definition) is 0. The third kappa shape index (κ3) is 9.04. The van der Waals surface area contributed by atoms with Crippen LogP contribution >= 0.6 is 0 Å². The van der Waals surface area contributed by atoms with Crippen LogP contribution in [0.3, 0.4) is 0 Å². The second kappa shape index (κ2) is 6.41. The molecule has 0 rings (SSSR count). The van der Waals surface area contributed by atoms with Gasteiger partial charge in [-0.25, -0.2) is 4.79 Å². The molecule has 0 radical (unpaired) electrons. The van der Waals surface area contributed by atoms with E-state index in [4.69, 9.17) is 4.74 Å². The number of allylic oxidation sites excluding steroid dienone is 3. The van der Waals surface area contributed by atoms with E-state index in [-0.39, 0.29) is 5.97 Å². The van der Waals surface area contributed by atoms with Gasteiger partial charge in [0, 0.05) is 6.08 Å². The molecule has 80 valence electrons. The van der Waals surface area contributed by atoms with E-state index < -0.39 is 5.60 Å². The summed E-state index contributed by atoms with van der Waals surface area (Å²) in [4.78, 5) is 11.2. The van der Waals surface area contributed by atoms with Gasteiger partial charge in [-0.1, -0.05) is 18.2 Å². The molecule has 0 aliphatic rings. The number of ether oxygens (including phenoxy) is 1. The zero-order chi connectivity index (χ0) is 11.0. The predicted octanol–water partition coefficient (Wildman–Crippen LogP) is 3.24. The van der Waals surface area contributed by atoms with Crippen LogP contribution in [0.4, 0.5) is 0 Å². The average molecular weight is 196 g/mol. The van der Waals surface area contributed by atoms with E-state index in [0.717, 1.165) is 12.8 Å². The van der Waals surface area contributed by atoms with Gasteiger partial charge in [-0.15, -0.1) is 0 Å². The first-order valence-electron chi connectivity index (χ1n) is 4.96. The largest absolute Gasteiger partial charge is 0.457 e. The van der Waals surface area contributed by atoms with E-state index in [9.17, 15) is 4.79 Å². The van der Waals surface area contributed by atoms with E-state index >= 15 is 0 Å². The Labute approximate surface area is 86.6 Å². The Hall–Kier alpha value is -1.05. The molecule has 0 aromatic heterocycles. The number of rotatable bonds is 4. The summed E-state index contributed by atoms with van der Waals surface area (Å²) in [5.41, 5.74) is -0.398. The van der Waals surface area contributed by atoms with Crippen LogP contribution in [0.15, 0.2) is 24.3 Å². The van der Waals surface area contributed by atoms with Crippen molar-refractivity contribution >= 4 is 5.97 Å². The zero-order valence-electron chi connectivity index (χ0n) is 9.54. The quantitative estimate of drug-likeness (QED) is 0.298. The molecule has 0 bridgehead atoms. The minimum Gasteiger partial charge on any atom is -0.457 e. The third-order valence-corrected chi connectivity index (χ3v) is 1.40. The summed E-state index contributed by atoms with van der Waals surface area (Å²) >= 11 is 0. The highest BCUT2D eigenvalue weighted by atomic mass is 16.6. The van der Waals surface area contributed by atoms with Crippen LogP contribution in [0.1, 0.15) is 40.5 Å². The first kappa shape index (κ1) is 12.9. The van der Waals surface area contributed by atoms with E-state index in [0.29, 0.717) is 0 Å². The van der Waals surface area contributed by atoms with Crippen molar-refractivity contribution in [2.45, 2.75) is 46.1 Å². The van der Waals surface area contributed by atoms with Crippen LogP contribution in [0.5, 0.6) is 0 Å². The highest BCUT2D eigenvalue weighted by Crippen LogP contribution is 2.07. The Kier molecular flexibility index (Phi) is 5.93. The fraction of sp³-hybridized carbons (Fsp3) is 0.583. The molecule has 0 aromatic carbocycles. The van der Waals surface area contributed by atoms with Crippen molar-refractivity contribution in [2.75, 3.05) is 0 Å². The zero-order valence-corrected chi connectivity index (χ0v) is 9.54. The molecule has 0 aromatic rings. The Balaban J connectivity index is 3.72. The summed E-state index contributed by atoms with van der Waals surface area (Å²) in [5.74, 6) is -0.266. The van der Waals surface area contributed by atoms with Gasteiger partial charge in [0.25, 0.3) is 0 Å². The molecule has 0 aliphatic carbocycles. The van der Waals surface area contributed by atoms with Crippen molar-refractivity contribution in [3.05, 3.63) is 24.3 Å². The van der Waals surface area contributed by atoms with Gasteiger partial charge in [0.1, 0.15) is 5.60 Å². The monoisotopic (exact) mass is 196 g/mol. The normalized spacial score (nSPS) is 12.6. The van der Waals surface area contributed by atoms with Gasteiger partial charge < -0.3 is 4.74 Å². The maximum atomic E-state index is 11.2. The summed E-state index contributed by atoms with van der Waals surface area (Å²) in [6.07, 6.45) is 9.25. The number of hydrogen-bond acceptors (Lipinski definition) is 2. The summed E-state index contributed by atoms with van der Waals surface area (Å²) in [6.45, 7) is 7.56. The van der Waals surface area contributed by atoms with Crippen molar-refractivity contribution in [1.29, 1.82) is 0 Å². The summed E-state index contributed by atoms with van der Waals surface area (Å²) in [5, 5.41) is 0. The average Bonchev–Trinajstić information content (AvgIpc) is 2.00. The number of unbranched alkanes of at least 4 members (excludes halogenated alkanes) is 1. The van der Waals surface area contributed by atoms with Gasteiger partial charge >= 0.3 is 5.97 Å². The molecule has 0 unspecified atom stereocenters. The van der Waals surface area contributed by atoms with E-state index in [1.165, 1.54) is 6.08 Å². The number of carbonyl (C=O) groups excluding carboxylic acids is 1. The SMILES string of the molecule is CC=CCCC=CC(=O)OC(C)(C)C. The maximum absolute atomic E-state index is 11.2. The van der Waals surface area contributed by atoms with Gasteiger partial charge in [-0.3, -0.25) is 0 Å². The lowest BCUT2D eigenvalue weighted by atomic mass is 10.2. The maximum Gasteiger partial charge on any atom is 0.330 e. The second-order valence-electron chi connectivity index (χ2n) is 4.08. The first-order chi connectivity index (χ1) is 6.45. The van der Waals surface area contributed by atoms with Gasteiger partial charge in [0.2, 0.25) is 0 Å². The minimum absolute atomic E-state index is 0.266. The van der Waals surface area contributed by atoms with Gasteiger partial charge in [0.15, 0.2) is 0 Å². The van der Waals surface area contributed by atoms with Crippen LogP contribution in [0.2, 0.25) is 0 Å². The lowest BCUT2D eigenvalue weighted by Crippen LogP contribution is -2.22. The topological polar surface area (TPSA) is 26.3 Å². The van der Waals surface area contributed by atoms with E-state index in [1.807, 2.05) is 39.8 Å². The van der Waals surface area contributed by atoms with Crippen LogP contribution in [-0.2, 0) is 9.53 Å². The molecule has 2 heteroatoms. The molecule has 0 heterocycles. The summed E-state index contributed by atoms with van der Waals surface area (Å²) in [6, 6.07) is 0. The predicted molar refractivity (Wildman–Crippen MR) is 59.0 cm³/mol. The van der Waals surface area contributed by atoms with Crippen LogP contribution in [0, 0.1) is 0 Å². The van der Waals surface area contributed by atoms with E-state index in [1.54, 1.807) is 0 Å². The molecule has 0 N–H and O–H groups in total. The molecule has 0 saturated carbocycles. The standard InChI is InChI=1S/C12H20O2/c1-5-6-7-8-9-10-11(13)14-12(2,3)4/h5-6,9-10H,7-8H2,1-4H3. The first-order valence-corrected chi connectivity index (χ1v) is 4.96. The molecule has 0 atom stereocenters. The van der Waals surface area contributed by atoms with Crippen molar-refractivity contribution in [1.82, 2.24) is 0 Å². The molecule has 0 aliphatic heterocycles. The highest BCUT2D eigenvalue weighted by molar-refractivity contribution is 5.82. The van der Waals surface area contributed by atoms with Gasteiger partial charge in [-0.2, -0.15) is 0 Å². The molecular weight excluding hydrogens is 176 g/mol. The van der Waals surface area contributed by atoms with Crippen molar-refractivity contribution < 1.29 is 9.53 Å². The Morgan fingerprint density at radius 3 is 2.29 bits per heavy atom. The smallest absolute Gasteiger partial charge is 0.330 e. The minimum atomic E-state index is -0.398. The van der Waals surface area contributed by atoms with Crippen LogP contribution < -0.4 is 0 Å². The Morgan fingerprint density at radius 1 is 1.21 bits per heavy atom. The Morgan fingerprint density at radius 2 is 1.79 bits per heavy atom. The highest BCUT2D eigenvalue weighted by Gasteiger charge is 2.13. The van der Waals surface area contributed by atoms with Crippen molar-refractivity contribution in [2.24, 2.45) is 0 Å². The van der Waals surface area contributed by atoms with Crippen LogP contribution in [0.25, 0.3) is 0 Å². The fourth-order valence-corrected chi connectivity index (χ4v) is 0.874. The van der Waals surface area contributed by atoms with Gasteiger partial charge in [0.05, 0.1) is 0 Å². The molecule has 2 nitrogen and oxygen atoms in total. The number of carbonyl (C=O) groups is 1. The Bertz CT molecular complexity index is 219. The summed E-state index contributed by atoms with van der Waals surface area (Å²) in [7, 11) is 0. The molecule has 0 amide bonds. The van der Waals surface area contributed by atoms with Crippen LogP contribution in [-0.4, -0.2) is 11.6 Å². The molecule has 14 heavy (non-hydrogen) atoms. The molecule has 0 spiro atoms. The van der Waals surface area contributed by atoms with E-state index in [2.05, 4.69) is 6.08 Å². The van der Waals surface area contributed by atoms with Crippen molar-refractivity contribution in [3.63, 3.8) is 0 Å². The lowest BCUT2D eigenvalue weighted by Gasteiger charge is -2.17. The van der Waals surface area contributed by atoms with Crippen molar-refractivity contribution in [3.8, 4) is 0 Å². The molecular formula is C12H20O2. The van der Waals surface area contributed by atoms with Gasteiger partial charge in [-0.05, 0) is 40.5 Å².